The molecule has 4 aromatic rings. The Kier molecular flexibility index (Phi) is 8.58. The van der Waals surface area contributed by atoms with Crippen LogP contribution in [0.15, 0.2) is 83.3 Å². The number of likely N-dealkylation sites (N-methyl/N-ethyl adjacent to an activating group) is 1. The van der Waals surface area contributed by atoms with E-state index >= 15 is 0 Å². The molecule has 2 N–H and O–H groups in total. The van der Waals surface area contributed by atoms with Crippen molar-refractivity contribution in [3.8, 4) is 23.3 Å². The molecule has 2 aliphatic rings. The zero-order valence-electron chi connectivity index (χ0n) is 26.8. The van der Waals surface area contributed by atoms with Crippen molar-refractivity contribution in [1.29, 1.82) is 5.26 Å². The Morgan fingerprint density at radius 2 is 1.79 bits per heavy atom. The molecule has 2 aromatic heterocycles. The number of likely N-dealkylation sites (tertiary alicyclic amines) is 1. The van der Waals surface area contributed by atoms with Gasteiger partial charge in [-0.3, -0.25) is 23.6 Å². The molecule has 0 bridgehead atoms. The number of nitrogen functional groups attached to an aromatic ring is 1. The number of fused-ring (bicyclic) bond motifs is 1. The number of nitriles is 1. The number of amides is 2. The van der Waals surface area contributed by atoms with E-state index in [0.29, 0.717) is 54.3 Å². The molecular weight excluding hydrogens is 596 g/mol. The van der Waals surface area contributed by atoms with Gasteiger partial charge in [0.2, 0.25) is 5.91 Å². The molecule has 12 heteroatoms. The molecule has 2 amide bonds. The summed E-state index contributed by atoms with van der Waals surface area (Å²) in [4.78, 5) is 49.9. The number of benzene rings is 2. The normalized spacial score (nSPS) is 17.7. The van der Waals surface area contributed by atoms with Crippen LogP contribution in [0.5, 0.6) is 11.5 Å². The van der Waals surface area contributed by atoms with Gasteiger partial charge in [0.25, 0.3) is 5.91 Å². The fourth-order valence-electron chi connectivity index (χ4n) is 6.42. The van der Waals surface area contributed by atoms with Gasteiger partial charge in [-0.25, -0.2) is 9.78 Å². The highest BCUT2D eigenvalue weighted by atomic mass is 16.5. The van der Waals surface area contributed by atoms with E-state index in [4.69, 9.17) is 10.5 Å². The van der Waals surface area contributed by atoms with E-state index in [0.717, 1.165) is 6.42 Å². The first-order valence-corrected chi connectivity index (χ1v) is 15.7. The minimum atomic E-state index is -0.691. The monoisotopic (exact) mass is 634 g/mol. The number of anilines is 1. The van der Waals surface area contributed by atoms with Gasteiger partial charge in [0.15, 0.2) is 0 Å². The summed E-state index contributed by atoms with van der Waals surface area (Å²) in [5.74, 6) is 1.15. The summed E-state index contributed by atoms with van der Waals surface area (Å²) in [6, 6.07) is 20.1. The summed E-state index contributed by atoms with van der Waals surface area (Å²) < 4.78 is 9.09. The Bertz CT molecular complexity index is 1940. The molecule has 0 aliphatic carbocycles. The maximum Gasteiger partial charge on any atom is 0.333 e. The van der Waals surface area contributed by atoms with Crippen molar-refractivity contribution < 1.29 is 14.3 Å². The number of hydrogen-bond donors (Lipinski definition) is 1. The van der Waals surface area contributed by atoms with Gasteiger partial charge in [0, 0.05) is 45.0 Å². The van der Waals surface area contributed by atoms with Crippen LogP contribution in [-0.2, 0) is 16.1 Å². The van der Waals surface area contributed by atoms with Crippen molar-refractivity contribution in [2.75, 3.05) is 39.0 Å². The van der Waals surface area contributed by atoms with Crippen LogP contribution in [0, 0.1) is 11.3 Å². The Morgan fingerprint density at radius 1 is 1.06 bits per heavy atom. The van der Waals surface area contributed by atoms with Crippen molar-refractivity contribution in [3.63, 3.8) is 0 Å². The van der Waals surface area contributed by atoms with E-state index in [-0.39, 0.29) is 48.0 Å². The number of pyridine rings is 1. The van der Waals surface area contributed by atoms with E-state index < -0.39 is 5.54 Å². The molecule has 1 atom stereocenters. The van der Waals surface area contributed by atoms with E-state index in [1.54, 1.807) is 64.0 Å². The lowest BCUT2D eigenvalue weighted by Gasteiger charge is -2.41. The van der Waals surface area contributed by atoms with E-state index in [2.05, 4.69) is 11.1 Å². The molecule has 4 heterocycles. The topological polar surface area (TPSA) is 143 Å². The third kappa shape index (κ3) is 6.22. The average Bonchev–Trinajstić information content (AvgIpc) is 3.64. The van der Waals surface area contributed by atoms with Gasteiger partial charge in [-0.2, -0.15) is 5.26 Å². The molecule has 0 radical (unpaired) electrons. The number of carbonyl (C=O) groups excluding carboxylic acids is 2. The quantitative estimate of drug-likeness (QED) is 0.229. The number of imidazole rings is 1. The third-order valence-electron chi connectivity index (χ3n) is 9.09. The zero-order chi connectivity index (χ0) is 33.3. The summed E-state index contributed by atoms with van der Waals surface area (Å²) in [5, 5.41) is 10.1. The lowest BCUT2D eigenvalue weighted by atomic mass is 9.97. The number of rotatable bonds is 8. The molecule has 2 saturated heterocycles. The molecule has 2 aliphatic heterocycles. The van der Waals surface area contributed by atoms with E-state index in [9.17, 15) is 19.6 Å². The molecule has 47 heavy (non-hydrogen) atoms. The van der Waals surface area contributed by atoms with Gasteiger partial charge in [0.1, 0.15) is 34.5 Å². The summed E-state index contributed by atoms with van der Waals surface area (Å²) in [6.45, 7) is 5.94. The van der Waals surface area contributed by atoms with E-state index in [1.807, 2.05) is 49.1 Å². The van der Waals surface area contributed by atoms with Crippen LogP contribution < -0.4 is 16.2 Å². The second kappa shape index (κ2) is 12.8. The second-order valence-electron chi connectivity index (χ2n) is 12.6. The van der Waals surface area contributed by atoms with Gasteiger partial charge in [0.05, 0.1) is 23.8 Å². The van der Waals surface area contributed by atoms with Crippen LogP contribution in [0.1, 0.15) is 26.7 Å². The van der Waals surface area contributed by atoms with Crippen molar-refractivity contribution in [2.45, 2.75) is 44.8 Å². The molecular formula is C35H38N8O4. The van der Waals surface area contributed by atoms with Crippen LogP contribution in [0.25, 0.3) is 16.7 Å². The standard InChI is InChI=1S/C35H38N8O4/c1-35(2,40-19-18-39(3)30(44)23-40)20-24(21-36)33(45)41-17-7-8-26(41)22-42-29-15-16-38-32(37)31(29)43(34(42)46)25-11-13-28(14-12-25)47-27-9-5-4-6-10-27/h4-6,9-16,20,26H,7-8,17-19,22-23H2,1-3H3,(H2,37,38)/t26-/m0/s1. The molecule has 0 spiro atoms. The Balaban J connectivity index is 1.28. The number of carbonyl (C=O) groups is 2. The van der Waals surface area contributed by atoms with Crippen LogP contribution in [-0.4, -0.2) is 85.4 Å². The predicted molar refractivity (Wildman–Crippen MR) is 178 cm³/mol. The van der Waals surface area contributed by atoms with Gasteiger partial charge in [-0.05, 0) is 75.2 Å². The molecule has 2 fully saturated rings. The lowest BCUT2D eigenvalue weighted by Crippen LogP contribution is -2.55. The smallest absolute Gasteiger partial charge is 0.333 e. The molecule has 242 valence electrons. The highest BCUT2D eigenvalue weighted by Crippen LogP contribution is 2.28. The van der Waals surface area contributed by atoms with Crippen LogP contribution >= 0.6 is 0 Å². The van der Waals surface area contributed by atoms with Gasteiger partial charge in [-0.15, -0.1) is 0 Å². The maximum atomic E-state index is 14.1. The predicted octanol–water partition coefficient (Wildman–Crippen LogP) is 3.56. The molecule has 0 saturated carbocycles. The van der Waals surface area contributed by atoms with Crippen LogP contribution in [0.4, 0.5) is 5.82 Å². The molecule has 0 unspecified atom stereocenters. The number of ether oxygens (including phenoxy) is 1. The Hall–Kier alpha value is -5.41. The summed E-state index contributed by atoms with van der Waals surface area (Å²) in [6.07, 6.45) is 4.64. The first kappa shape index (κ1) is 31.6. The van der Waals surface area contributed by atoms with Crippen molar-refractivity contribution >= 4 is 28.7 Å². The second-order valence-corrected chi connectivity index (χ2v) is 12.6. The third-order valence-corrected chi connectivity index (χ3v) is 9.09. The van der Waals surface area contributed by atoms with Crippen LogP contribution in [0.2, 0.25) is 0 Å². The van der Waals surface area contributed by atoms with Crippen LogP contribution in [0.3, 0.4) is 0 Å². The summed E-state index contributed by atoms with van der Waals surface area (Å²) >= 11 is 0. The van der Waals surface area contributed by atoms with Crippen molar-refractivity contribution in [1.82, 2.24) is 28.8 Å². The van der Waals surface area contributed by atoms with Crippen molar-refractivity contribution in [2.24, 2.45) is 0 Å². The number of nitrogens with two attached hydrogens (primary N) is 1. The number of para-hydroxylation sites is 1. The number of aromatic nitrogens is 3. The molecule has 12 nitrogen and oxygen atoms in total. The first-order valence-electron chi connectivity index (χ1n) is 15.7. The maximum absolute atomic E-state index is 14.1. The highest BCUT2D eigenvalue weighted by molar-refractivity contribution is 5.98. The van der Waals surface area contributed by atoms with Gasteiger partial charge < -0.3 is 20.3 Å². The molecule has 6 rings (SSSR count). The minimum absolute atomic E-state index is 0.000862. The fourth-order valence-corrected chi connectivity index (χ4v) is 6.42. The molecule has 2 aromatic carbocycles. The summed E-state index contributed by atoms with van der Waals surface area (Å²) in [7, 11) is 1.77. The number of hydrogen-bond acceptors (Lipinski definition) is 8. The average molecular weight is 635 g/mol. The number of nitrogens with zero attached hydrogens (tertiary/aromatic N) is 7. The zero-order valence-corrected chi connectivity index (χ0v) is 26.8. The summed E-state index contributed by atoms with van der Waals surface area (Å²) in [5.41, 5.74) is 7.03. The van der Waals surface area contributed by atoms with E-state index in [1.165, 1.54) is 4.57 Å². The van der Waals surface area contributed by atoms with Gasteiger partial charge in [-0.1, -0.05) is 18.2 Å². The SMILES string of the molecule is CN1CCN(C(C)(C)C=C(C#N)C(=O)N2CCC[C@H]2Cn2c(=O)n(-c3ccc(Oc4ccccc4)cc3)c3c(N)nccc32)CC1=O. The van der Waals surface area contributed by atoms with Crippen molar-refractivity contribution in [3.05, 3.63) is 89.0 Å². The Morgan fingerprint density at radius 3 is 2.49 bits per heavy atom. The fraction of sp³-hybridized carbons (Fsp3) is 0.343. The Labute approximate surface area is 272 Å². The highest BCUT2D eigenvalue weighted by Gasteiger charge is 2.36. The lowest BCUT2D eigenvalue weighted by molar-refractivity contribution is -0.136. The largest absolute Gasteiger partial charge is 0.457 e. The van der Waals surface area contributed by atoms with Gasteiger partial charge >= 0.3 is 5.69 Å². The first-order chi connectivity index (χ1) is 22.6. The minimum Gasteiger partial charge on any atom is -0.457 e. The number of piperazine rings is 1.